The fourth-order valence-electron chi connectivity index (χ4n) is 2.55. The van der Waals surface area contributed by atoms with Gasteiger partial charge in [0.15, 0.2) is 0 Å². The number of carbonyl (C=O) groups is 1. The van der Waals surface area contributed by atoms with E-state index in [-0.39, 0.29) is 20.7 Å². The first kappa shape index (κ1) is 13.3. The van der Waals surface area contributed by atoms with Gasteiger partial charge in [-0.05, 0) is 6.92 Å². The number of aliphatic hydroxyl groups is 4. The van der Waals surface area contributed by atoms with Crippen LogP contribution < -0.4 is 5.56 Å². The van der Waals surface area contributed by atoms with Gasteiger partial charge in [-0.2, -0.15) is 0 Å². The number of hydrogen-bond donors (Lipinski definition) is 5. The van der Waals surface area contributed by atoms with E-state index in [2.05, 4.69) is 9.97 Å². The molecule has 0 radical (unpaired) electrons. The Morgan fingerprint density at radius 3 is 2.65 bits per heavy atom. The van der Waals surface area contributed by atoms with E-state index >= 15 is 0 Å². The number of nitrogens with one attached hydrogen (secondary N) is 1. The van der Waals surface area contributed by atoms with Crippen LogP contribution in [0.2, 0.25) is 0 Å². The smallest absolute Gasteiger partial charge is 0.259 e. The fourth-order valence-corrected chi connectivity index (χ4v) is 3.78. The maximum Gasteiger partial charge on any atom is 0.259 e. The molecule has 0 spiro atoms. The minimum Gasteiger partial charge on any atom is -0.360 e. The van der Waals surface area contributed by atoms with Crippen LogP contribution in [0.3, 0.4) is 0 Å². The number of carbonyl (C=O) groups excluding carboxylic acids is 1. The first-order chi connectivity index (χ1) is 9.19. The molecule has 3 rings (SSSR count). The predicted octanol–water partition coefficient (Wildman–Crippen LogP) is -1.51. The zero-order valence-corrected chi connectivity index (χ0v) is 10.9. The Kier molecular flexibility index (Phi) is 2.48. The number of hydrogen-bond acceptors (Lipinski definition) is 8. The van der Waals surface area contributed by atoms with E-state index in [0.717, 1.165) is 24.6 Å². The topological polar surface area (TPSA) is 144 Å². The van der Waals surface area contributed by atoms with Gasteiger partial charge in [0, 0.05) is 5.56 Å². The summed E-state index contributed by atoms with van der Waals surface area (Å²) in [5, 5.41) is 39.7. The first-order valence-electron chi connectivity index (χ1n) is 5.60. The van der Waals surface area contributed by atoms with Gasteiger partial charge < -0.3 is 25.4 Å². The maximum atomic E-state index is 11.9. The third-order valence-corrected chi connectivity index (χ3v) is 4.67. The highest BCUT2D eigenvalue weighted by Crippen LogP contribution is 2.54. The van der Waals surface area contributed by atoms with Crippen LogP contribution in [0.4, 0.5) is 0 Å². The van der Waals surface area contributed by atoms with Crippen molar-refractivity contribution in [3.05, 3.63) is 27.1 Å². The summed E-state index contributed by atoms with van der Waals surface area (Å²) < 4.78 is 0. The monoisotopic (exact) mass is 298 g/mol. The number of rotatable bonds is 1. The molecule has 2 aromatic rings. The number of aromatic nitrogens is 2. The summed E-state index contributed by atoms with van der Waals surface area (Å²) in [5.41, 5.74) is -0.686. The van der Waals surface area contributed by atoms with Crippen LogP contribution in [0.5, 0.6) is 0 Å². The quantitative estimate of drug-likeness (QED) is 0.402. The predicted molar refractivity (Wildman–Crippen MR) is 66.9 cm³/mol. The summed E-state index contributed by atoms with van der Waals surface area (Å²) in [4.78, 5) is 29.7. The molecule has 0 fully saturated rings. The van der Waals surface area contributed by atoms with E-state index in [1.807, 2.05) is 0 Å². The standard InChI is InChI=1S/C11H10N2O6S/c1-3(14)6-4-5-8(15)12-2-13-9(5)20-7(4)11(18,19)10(6,16)17/h2,6,16-19H,1H3,(H,12,13,15). The summed E-state index contributed by atoms with van der Waals surface area (Å²) in [6.07, 6.45) is 1.14. The van der Waals surface area contributed by atoms with Crippen LogP contribution in [-0.4, -0.2) is 42.0 Å². The van der Waals surface area contributed by atoms with Crippen LogP contribution in [0.25, 0.3) is 10.2 Å². The molecule has 1 aliphatic rings. The number of ketones is 1. The summed E-state index contributed by atoms with van der Waals surface area (Å²) in [6, 6.07) is 0. The number of H-pyrrole nitrogens is 1. The van der Waals surface area contributed by atoms with Gasteiger partial charge in [-0.15, -0.1) is 11.3 Å². The van der Waals surface area contributed by atoms with Gasteiger partial charge in [0.2, 0.25) is 5.79 Å². The van der Waals surface area contributed by atoms with Crippen LogP contribution in [0, 0.1) is 0 Å². The Bertz CT molecular complexity index is 790. The Labute approximate surface area is 115 Å². The molecule has 0 saturated carbocycles. The van der Waals surface area contributed by atoms with E-state index in [1.165, 1.54) is 0 Å². The molecule has 0 aliphatic heterocycles. The van der Waals surface area contributed by atoms with Crippen molar-refractivity contribution in [1.29, 1.82) is 0 Å². The van der Waals surface area contributed by atoms with E-state index in [0.29, 0.717) is 0 Å². The number of Topliss-reactive ketones (excluding diaryl/α,β-unsaturated/α-hetero) is 1. The van der Waals surface area contributed by atoms with Crippen molar-refractivity contribution in [2.75, 3.05) is 0 Å². The van der Waals surface area contributed by atoms with Crippen LogP contribution in [0.15, 0.2) is 11.1 Å². The van der Waals surface area contributed by atoms with Gasteiger partial charge in [-0.3, -0.25) is 9.59 Å². The lowest BCUT2D eigenvalue weighted by atomic mass is 9.91. The fraction of sp³-hybridized carbons (Fsp3) is 0.364. The van der Waals surface area contributed by atoms with Crippen molar-refractivity contribution in [1.82, 2.24) is 9.97 Å². The van der Waals surface area contributed by atoms with Crippen molar-refractivity contribution in [3.8, 4) is 0 Å². The van der Waals surface area contributed by atoms with E-state index < -0.39 is 28.8 Å². The summed E-state index contributed by atoms with van der Waals surface area (Å²) in [5.74, 6) is -8.48. The highest BCUT2D eigenvalue weighted by atomic mass is 32.1. The minimum atomic E-state index is -3.10. The molecule has 106 valence electrons. The number of thiophene rings is 1. The molecule has 0 bridgehead atoms. The average molecular weight is 298 g/mol. The third-order valence-electron chi connectivity index (χ3n) is 3.46. The van der Waals surface area contributed by atoms with Crippen LogP contribution >= 0.6 is 11.3 Å². The highest BCUT2D eigenvalue weighted by molar-refractivity contribution is 7.19. The van der Waals surface area contributed by atoms with Gasteiger partial charge >= 0.3 is 0 Å². The molecule has 1 atom stereocenters. The van der Waals surface area contributed by atoms with Crippen molar-refractivity contribution >= 4 is 27.3 Å². The van der Waals surface area contributed by atoms with Crippen molar-refractivity contribution in [2.24, 2.45) is 0 Å². The van der Waals surface area contributed by atoms with Crippen molar-refractivity contribution in [2.45, 2.75) is 24.4 Å². The molecular weight excluding hydrogens is 288 g/mol. The summed E-state index contributed by atoms with van der Waals surface area (Å²) in [7, 11) is 0. The molecule has 20 heavy (non-hydrogen) atoms. The van der Waals surface area contributed by atoms with Crippen molar-refractivity contribution < 1.29 is 25.2 Å². The minimum absolute atomic E-state index is 0.0369. The number of nitrogens with zero attached hydrogens (tertiary/aromatic N) is 1. The normalized spacial score (nSPS) is 22.9. The van der Waals surface area contributed by atoms with E-state index in [9.17, 15) is 30.0 Å². The van der Waals surface area contributed by atoms with Crippen molar-refractivity contribution in [3.63, 3.8) is 0 Å². The molecule has 0 saturated heterocycles. The second-order valence-corrected chi connectivity index (χ2v) is 5.70. The second kappa shape index (κ2) is 3.71. The van der Waals surface area contributed by atoms with E-state index in [4.69, 9.17) is 0 Å². The van der Waals surface area contributed by atoms with Gasteiger partial charge in [-0.1, -0.05) is 0 Å². The van der Waals surface area contributed by atoms with Gasteiger partial charge in [-0.25, -0.2) is 4.98 Å². The number of fused-ring (bicyclic) bond motifs is 3. The molecule has 8 nitrogen and oxygen atoms in total. The second-order valence-electron chi connectivity index (χ2n) is 4.70. The molecular formula is C11H10N2O6S. The molecule has 0 amide bonds. The Morgan fingerprint density at radius 2 is 2.05 bits per heavy atom. The number of aromatic amines is 1. The molecule has 5 N–H and O–H groups in total. The maximum absolute atomic E-state index is 11.9. The molecule has 2 aromatic heterocycles. The average Bonchev–Trinajstić information content (AvgIpc) is 2.75. The van der Waals surface area contributed by atoms with Gasteiger partial charge in [0.25, 0.3) is 11.3 Å². The first-order valence-corrected chi connectivity index (χ1v) is 6.41. The summed E-state index contributed by atoms with van der Waals surface area (Å²) >= 11 is 0.728. The Hall–Kier alpha value is -1.65. The molecule has 1 unspecified atom stereocenters. The van der Waals surface area contributed by atoms with Crippen LogP contribution in [0.1, 0.15) is 23.3 Å². The van der Waals surface area contributed by atoms with Gasteiger partial charge in [0.05, 0.1) is 16.6 Å². The zero-order chi connectivity index (χ0) is 14.9. The lowest BCUT2D eigenvalue weighted by Gasteiger charge is -2.31. The third kappa shape index (κ3) is 1.35. The molecule has 9 heteroatoms. The SMILES string of the molecule is CC(=O)C1c2c(sc3nc[nH]c(=O)c23)C(O)(O)C1(O)O. The van der Waals surface area contributed by atoms with Gasteiger partial charge in [0.1, 0.15) is 16.5 Å². The Balaban J connectivity index is 2.49. The van der Waals surface area contributed by atoms with Crippen LogP contribution in [-0.2, 0) is 10.6 Å². The highest BCUT2D eigenvalue weighted by Gasteiger charge is 2.65. The molecule has 1 aliphatic carbocycles. The largest absolute Gasteiger partial charge is 0.360 e. The lowest BCUT2D eigenvalue weighted by molar-refractivity contribution is -0.359. The molecule has 2 heterocycles. The Morgan fingerprint density at radius 1 is 1.40 bits per heavy atom. The molecule has 0 aromatic carbocycles. The zero-order valence-electron chi connectivity index (χ0n) is 10.1. The van der Waals surface area contributed by atoms with E-state index in [1.54, 1.807) is 0 Å². The lowest BCUT2D eigenvalue weighted by Crippen LogP contribution is -2.52. The summed E-state index contributed by atoms with van der Waals surface area (Å²) in [6.45, 7) is 1.07.